The van der Waals surface area contributed by atoms with E-state index in [1.165, 1.54) is 0 Å². The average molecular weight is 296 g/mol. The molecule has 0 aliphatic heterocycles. The molecule has 1 amide bonds. The molecule has 1 rings (SSSR count). The lowest BCUT2D eigenvalue weighted by atomic mass is 10.0. The zero-order valence-electron chi connectivity index (χ0n) is 12.4. The van der Waals surface area contributed by atoms with Crippen molar-refractivity contribution in [3.05, 3.63) is 29.8 Å². The minimum atomic E-state index is -0.541. The minimum absolute atomic E-state index is 0.0287. The summed E-state index contributed by atoms with van der Waals surface area (Å²) in [4.78, 5) is 14.1. The molecule has 0 saturated carbocycles. The smallest absolute Gasteiger partial charge is 0.239 e. The van der Waals surface area contributed by atoms with E-state index in [1.807, 2.05) is 13.3 Å². The van der Waals surface area contributed by atoms with Crippen LogP contribution >= 0.6 is 11.8 Å². The van der Waals surface area contributed by atoms with E-state index < -0.39 is 6.04 Å². The molecule has 2 atom stereocenters. The Morgan fingerprint density at radius 1 is 1.40 bits per heavy atom. The number of nitrogens with zero attached hydrogens (tertiary/aromatic N) is 1. The van der Waals surface area contributed by atoms with E-state index >= 15 is 0 Å². The number of thioether (sulfide) groups is 1. The van der Waals surface area contributed by atoms with Crippen LogP contribution in [-0.4, -0.2) is 47.1 Å². The third-order valence-corrected chi connectivity index (χ3v) is 4.15. The van der Waals surface area contributed by atoms with E-state index in [9.17, 15) is 9.90 Å². The quantitative estimate of drug-likeness (QED) is 0.806. The second-order valence-electron chi connectivity index (χ2n) is 4.94. The van der Waals surface area contributed by atoms with Gasteiger partial charge in [0.2, 0.25) is 5.91 Å². The van der Waals surface area contributed by atoms with Crippen molar-refractivity contribution in [1.29, 1.82) is 0 Å². The molecule has 0 aliphatic rings. The largest absolute Gasteiger partial charge is 0.508 e. The number of hydrogen-bond acceptors (Lipinski definition) is 4. The van der Waals surface area contributed by atoms with Crippen molar-refractivity contribution in [2.24, 2.45) is 5.73 Å². The normalized spacial score (nSPS) is 13.8. The number of carbonyl (C=O) groups is 1. The van der Waals surface area contributed by atoms with Crippen LogP contribution in [-0.2, 0) is 11.2 Å². The van der Waals surface area contributed by atoms with Crippen LogP contribution in [0.2, 0.25) is 0 Å². The zero-order chi connectivity index (χ0) is 15.1. The number of amides is 1. The molecule has 2 unspecified atom stereocenters. The second kappa shape index (κ2) is 8.17. The van der Waals surface area contributed by atoms with Gasteiger partial charge < -0.3 is 15.7 Å². The molecule has 1 aromatic rings. The Labute approximate surface area is 125 Å². The molecule has 0 radical (unpaired) electrons. The maximum absolute atomic E-state index is 12.3. The number of phenols is 1. The molecule has 0 aromatic heterocycles. The van der Waals surface area contributed by atoms with Crippen molar-refractivity contribution in [3.8, 4) is 5.75 Å². The first kappa shape index (κ1) is 16.9. The Morgan fingerprint density at radius 3 is 2.50 bits per heavy atom. The zero-order valence-corrected chi connectivity index (χ0v) is 13.2. The summed E-state index contributed by atoms with van der Waals surface area (Å²) >= 11 is 1.73. The molecule has 0 spiro atoms. The molecular formula is C15H24N2O2S. The van der Waals surface area contributed by atoms with Gasteiger partial charge in [-0.05, 0) is 36.8 Å². The molecule has 3 N–H and O–H groups in total. The van der Waals surface area contributed by atoms with Crippen LogP contribution in [0, 0.1) is 0 Å². The van der Waals surface area contributed by atoms with E-state index in [-0.39, 0.29) is 17.7 Å². The fourth-order valence-corrected chi connectivity index (χ4v) is 2.95. The van der Waals surface area contributed by atoms with Gasteiger partial charge in [0.1, 0.15) is 5.75 Å². The van der Waals surface area contributed by atoms with Crippen LogP contribution in [0.3, 0.4) is 0 Å². The Kier molecular flexibility index (Phi) is 6.88. The third kappa shape index (κ3) is 4.72. The lowest BCUT2D eigenvalue weighted by Gasteiger charge is -2.29. The summed E-state index contributed by atoms with van der Waals surface area (Å²) in [5.41, 5.74) is 6.97. The van der Waals surface area contributed by atoms with Crippen molar-refractivity contribution in [3.63, 3.8) is 0 Å². The predicted octanol–water partition coefficient (Wildman–Crippen LogP) is 1.86. The summed E-state index contributed by atoms with van der Waals surface area (Å²) in [6.45, 7) is 2.08. The van der Waals surface area contributed by atoms with Gasteiger partial charge in [-0.2, -0.15) is 11.8 Å². The van der Waals surface area contributed by atoms with E-state index in [0.717, 1.165) is 17.7 Å². The Bertz CT molecular complexity index is 422. The number of phenolic OH excluding ortho intramolecular Hbond substituents is 1. The van der Waals surface area contributed by atoms with Crippen molar-refractivity contribution in [1.82, 2.24) is 4.90 Å². The number of aromatic hydroxyl groups is 1. The number of rotatable bonds is 7. The highest BCUT2D eigenvalue weighted by Crippen LogP contribution is 2.13. The topological polar surface area (TPSA) is 66.6 Å². The SMILES string of the molecule is CCC(CSC)N(C)C(=O)C(N)Cc1ccc(O)cc1. The van der Waals surface area contributed by atoms with Gasteiger partial charge >= 0.3 is 0 Å². The first-order valence-electron chi connectivity index (χ1n) is 6.78. The standard InChI is InChI=1S/C15H24N2O2S/c1-4-12(10-20-3)17(2)15(19)14(16)9-11-5-7-13(18)8-6-11/h5-8,12,14,18H,4,9-10,16H2,1-3H3. The first-order chi connectivity index (χ1) is 9.49. The Balaban J connectivity index is 2.63. The molecule has 5 heteroatoms. The third-order valence-electron chi connectivity index (χ3n) is 3.43. The number of hydrogen-bond donors (Lipinski definition) is 2. The molecule has 0 heterocycles. The molecule has 1 aromatic carbocycles. The van der Waals surface area contributed by atoms with Crippen LogP contribution in [0.15, 0.2) is 24.3 Å². The van der Waals surface area contributed by atoms with Gasteiger partial charge in [0, 0.05) is 18.8 Å². The highest BCUT2D eigenvalue weighted by Gasteiger charge is 2.23. The van der Waals surface area contributed by atoms with Gasteiger partial charge in [0.25, 0.3) is 0 Å². The van der Waals surface area contributed by atoms with Crippen molar-refractivity contribution >= 4 is 17.7 Å². The predicted molar refractivity (Wildman–Crippen MR) is 85.0 cm³/mol. The summed E-state index contributed by atoms with van der Waals surface area (Å²) in [6, 6.07) is 6.49. The van der Waals surface area contributed by atoms with E-state index in [1.54, 1.807) is 40.9 Å². The summed E-state index contributed by atoms with van der Waals surface area (Å²) < 4.78 is 0. The fraction of sp³-hybridized carbons (Fsp3) is 0.533. The number of likely N-dealkylation sites (N-methyl/N-ethyl adjacent to an activating group) is 1. The Morgan fingerprint density at radius 2 is 2.00 bits per heavy atom. The fourth-order valence-electron chi connectivity index (χ4n) is 2.11. The van der Waals surface area contributed by atoms with Crippen molar-refractivity contribution in [2.75, 3.05) is 19.1 Å². The molecule has 0 aliphatic carbocycles. The molecular weight excluding hydrogens is 272 g/mol. The molecule has 0 fully saturated rings. The van der Waals surface area contributed by atoms with E-state index in [4.69, 9.17) is 5.73 Å². The maximum Gasteiger partial charge on any atom is 0.239 e. The molecule has 20 heavy (non-hydrogen) atoms. The molecule has 0 saturated heterocycles. The summed E-state index contributed by atoms with van der Waals surface area (Å²) in [7, 11) is 1.82. The van der Waals surface area contributed by atoms with Gasteiger partial charge in [-0.25, -0.2) is 0 Å². The van der Waals surface area contributed by atoms with Gasteiger partial charge in [-0.3, -0.25) is 4.79 Å². The summed E-state index contributed by atoms with van der Waals surface area (Å²) in [5, 5.41) is 9.24. The number of benzene rings is 1. The summed E-state index contributed by atoms with van der Waals surface area (Å²) in [5.74, 6) is 1.11. The average Bonchev–Trinajstić information content (AvgIpc) is 2.45. The molecule has 112 valence electrons. The van der Waals surface area contributed by atoms with E-state index in [2.05, 4.69) is 6.92 Å². The van der Waals surface area contributed by atoms with Crippen molar-refractivity contribution in [2.45, 2.75) is 31.8 Å². The van der Waals surface area contributed by atoms with Gasteiger partial charge in [0.15, 0.2) is 0 Å². The highest BCUT2D eigenvalue weighted by atomic mass is 32.2. The lowest BCUT2D eigenvalue weighted by Crippen LogP contribution is -2.48. The van der Waals surface area contributed by atoms with Crippen LogP contribution in [0.4, 0.5) is 0 Å². The van der Waals surface area contributed by atoms with Crippen LogP contribution in [0.5, 0.6) is 5.75 Å². The first-order valence-corrected chi connectivity index (χ1v) is 8.18. The van der Waals surface area contributed by atoms with Gasteiger partial charge in [-0.15, -0.1) is 0 Å². The summed E-state index contributed by atoms with van der Waals surface area (Å²) in [6.07, 6.45) is 3.45. The molecule has 4 nitrogen and oxygen atoms in total. The highest BCUT2D eigenvalue weighted by molar-refractivity contribution is 7.98. The van der Waals surface area contributed by atoms with E-state index in [0.29, 0.717) is 6.42 Å². The molecule has 0 bridgehead atoms. The van der Waals surface area contributed by atoms with Gasteiger partial charge in [-0.1, -0.05) is 19.1 Å². The number of nitrogens with two attached hydrogens (primary N) is 1. The Hall–Kier alpha value is -1.20. The van der Waals surface area contributed by atoms with Gasteiger partial charge in [0.05, 0.1) is 6.04 Å². The monoisotopic (exact) mass is 296 g/mol. The van der Waals surface area contributed by atoms with Crippen molar-refractivity contribution < 1.29 is 9.90 Å². The van der Waals surface area contributed by atoms with Crippen LogP contribution in [0.1, 0.15) is 18.9 Å². The second-order valence-corrected chi connectivity index (χ2v) is 5.85. The lowest BCUT2D eigenvalue weighted by molar-refractivity contribution is -0.133. The maximum atomic E-state index is 12.3. The van der Waals surface area contributed by atoms with Crippen LogP contribution < -0.4 is 5.73 Å². The minimum Gasteiger partial charge on any atom is -0.508 e. The number of carbonyl (C=O) groups excluding carboxylic acids is 1. The van der Waals surface area contributed by atoms with Crippen LogP contribution in [0.25, 0.3) is 0 Å².